The van der Waals surface area contributed by atoms with Crippen molar-refractivity contribution in [1.29, 1.82) is 0 Å². The Balaban J connectivity index is 1.46. The van der Waals surface area contributed by atoms with E-state index in [4.69, 9.17) is 0 Å². The van der Waals surface area contributed by atoms with Crippen LogP contribution in [0.15, 0.2) is 54.6 Å². The molecule has 3 unspecified atom stereocenters. The lowest BCUT2D eigenvalue weighted by Crippen LogP contribution is -2.61. The monoisotopic (exact) mass is 476 g/mol. The van der Waals surface area contributed by atoms with Crippen molar-refractivity contribution in [3.8, 4) is 5.75 Å². The molecule has 1 N–H and O–H groups in total. The maximum atomic E-state index is 12.7. The van der Waals surface area contributed by atoms with Crippen molar-refractivity contribution in [2.24, 2.45) is 0 Å². The highest BCUT2D eigenvalue weighted by atomic mass is 19.4. The molecule has 1 saturated heterocycles. The van der Waals surface area contributed by atoms with Gasteiger partial charge < -0.3 is 9.84 Å². The minimum absolute atomic E-state index is 0.0161. The quantitative estimate of drug-likeness (QED) is 0.577. The summed E-state index contributed by atoms with van der Waals surface area (Å²) >= 11 is 0. The van der Waals surface area contributed by atoms with Crippen molar-refractivity contribution in [2.75, 3.05) is 26.2 Å². The zero-order chi connectivity index (χ0) is 24.3. The molecule has 4 nitrogen and oxygen atoms in total. The fourth-order valence-electron chi connectivity index (χ4n) is 5.81. The predicted octanol–water partition coefficient (Wildman–Crippen LogP) is 5.74. The SMILES string of the molecule is CC(c1cccc(OC(F)(F)F)c1)C1(O)CCCCC1N1CCN([C@@H](C)c2ccccc2)CC1. The Kier molecular flexibility index (Phi) is 7.55. The van der Waals surface area contributed by atoms with E-state index in [1.54, 1.807) is 12.1 Å². The van der Waals surface area contributed by atoms with Gasteiger partial charge in [-0.2, -0.15) is 0 Å². The van der Waals surface area contributed by atoms with Gasteiger partial charge in [0.05, 0.1) is 5.60 Å². The van der Waals surface area contributed by atoms with Crippen molar-refractivity contribution < 1.29 is 23.0 Å². The van der Waals surface area contributed by atoms with Crippen molar-refractivity contribution >= 4 is 0 Å². The number of alkyl halides is 3. The molecule has 1 aliphatic carbocycles. The van der Waals surface area contributed by atoms with Crippen LogP contribution in [0.1, 0.15) is 62.6 Å². The summed E-state index contributed by atoms with van der Waals surface area (Å²) < 4.78 is 42.3. The standard InChI is InChI=1S/C27H35F3N2O2/c1-20(23-11-8-12-24(19-23)34-27(28,29)30)26(33)14-7-6-13-25(26)32-17-15-31(16-18-32)21(2)22-9-4-3-5-10-22/h3-5,8-12,19-21,25,33H,6-7,13-18H2,1-2H3/t20?,21-,25?,26?/m0/s1. The van der Waals surface area contributed by atoms with Crippen LogP contribution >= 0.6 is 0 Å². The van der Waals surface area contributed by atoms with E-state index in [-0.39, 0.29) is 17.7 Å². The molecule has 4 rings (SSSR count). The molecule has 0 radical (unpaired) electrons. The van der Waals surface area contributed by atoms with Crippen molar-refractivity contribution in [3.63, 3.8) is 0 Å². The molecule has 7 heteroatoms. The van der Waals surface area contributed by atoms with Crippen LogP contribution < -0.4 is 4.74 Å². The van der Waals surface area contributed by atoms with E-state index in [0.717, 1.165) is 45.4 Å². The Morgan fingerprint density at radius 1 is 0.941 bits per heavy atom. The van der Waals surface area contributed by atoms with Crippen LogP contribution in [-0.2, 0) is 0 Å². The molecule has 0 amide bonds. The Morgan fingerprint density at radius 3 is 2.29 bits per heavy atom. The van der Waals surface area contributed by atoms with Gasteiger partial charge in [0.15, 0.2) is 0 Å². The van der Waals surface area contributed by atoms with Crippen molar-refractivity contribution in [3.05, 3.63) is 65.7 Å². The molecule has 2 aromatic rings. The topological polar surface area (TPSA) is 35.9 Å². The van der Waals surface area contributed by atoms with Gasteiger partial charge in [0.1, 0.15) is 5.75 Å². The first-order chi connectivity index (χ1) is 16.2. The largest absolute Gasteiger partial charge is 0.573 e. The van der Waals surface area contributed by atoms with Gasteiger partial charge in [-0.3, -0.25) is 9.80 Å². The fraction of sp³-hybridized carbons (Fsp3) is 0.556. The molecule has 34 heavy (non-hydrogen) atoms. The molecule has 1 saturated carbocycles. The number of halogens is 3. The Bertz CT molecular complexity index is 931. The molecule has 2 aliphatic rings. The highest BCUT2D eigenvalue weighted by molar-refractivity contribution is 5.33. The number of aliphatic hydroxyl groups is 1. The van der Waals surface area contributed by atoms with Crippen LogP contribution in [0.2, 0.25) is 0 Å². The number of benzene rings is 2. The second-order valence-corrected chi connectivity index (χ2v) is 9.75. The normalized spacial score (nSPS) is 26.7. The highest BCUT2D eigenvalue weighted by Gasteiger charge is 2.47. The number of ether oxygens (including phenoxy) is 1. The Hall–Kier alpha value is -2.09. The van der Waals surface area contributed by atoms with E-state index in [9.17, 15) is 18.3 Å². The maximum Gasteiger partial charge on any atom is 0.573 e. The summed E-state index contributed by atoms with van der Waals surface area (Å²) in [7, 11) is 0. The van der Waals surface area contributed by atoms with Crippen LogP contribution in [0, 0.1) is 0 Å². The molecule has 1 heterocycles. The lowest BCUT2D eigenvalue weighted by molar-refractivity contribution is -0.274. The van der Waals surface area contributed by atoms with Gasteiger partial charge in [-0.05, 0) is 43.0 Å². The summed E-state index contributed by atoms with van der Waals surface area (Å²) in [6.45, 7) is 7.75. The minimum atomic E-state index is -4.73. The van der Waals surface area contributed by atoms with Gasteiger partial charge in [-0.15, -0.1) is 13.2 Å². The van der Waals surface area contributed by atoms with Crippen LogP contribution in [0.3, 0.4) is 0 Å². The lowest BCUT2D eigenvalue weighted by Gasteiger charge is -2.51. The number of nitrogens with zero attached hydrogens (tertiary/aromatic N) is 2. The second-order valence-electron chi connectivity index (χ2n) is 9.75. The second kappa shape index (κ2) is 10.3. The van der Waals surface area contributed by atoms with E-state index in [1.165, 1.54) is 17.7 Å². The Morgan fingerprint density at radius 2 is 1.62 bits per heavy atom. The van der Waals surface area contributed by atoms with Crippen LogP contribution in [-0.4, -0.2) is 59.1 Å². The molecule has 4 atom stereocenters. The van der Waals surface area contributed by atoms with Gasteiger partial charge in [-0.25, -0.2) is 0 Å². The molecule has 0 aromatic heterocycles. The van der Waals surface area contributed by atoms with E-state index in [0.29, 0.717) is 18.0 Å². The van der Waals surface area contributed by atoms with Crippen LogP contribution in [0.4, 0.5) is 13.2 Å². The van der Waals surface area contributed by atoms with Crippen LogP contribution in [0.25, 0.3) is 0 Å². The molecular formula is C27H35F3N2O2. The fourth-order valence-corrected chi connectivity index (χ4v) is 5.81. The number of rotatable bonds is 6. The van der Waals surface area contributed by atoms with Gasteiger partial charge in [0, 0.05) is 44.2 Å². The first-order valence-corrected chi connectivity index (χ1v) is 12.3. The molecule has 2 aromatic carbocycles. The summed E-state index contributed by atoms with van der Waals surface area (Å²) in [5, 5.41) is 12.0. The smallest absolute Gasteiger partial charge is 0.406 e. The summed E-state index contributed by atoms with van der Waals surface area (Å²) in [4.78, 5) is 4.88. The van der Waals surface area contributed by atoms with Gasteiger partial charge in [0.25, 0.3) is 0 Å². The van der Waals surface area contributed by atoms with E-state index in [2.05, 4.69) is 45.7 Å². The average molecular weight is 477 g/mol. The minimum Gasteiger partial charge on any atom is -0.406 e. The summed E-state index contributed by atoms with van der Waals surface area (Å²) in [5.41, 5.74) is 0.981. The third-order valence-electron chi connectivity index (χ3n) is 7.84. The molecule has 0 bridgehead atoms. The highest BCUT2D eigenvalue weighted by Crippen LogP contribution is 2.43. The predicted molar refractivity (Wildman–Crippen MR) is 127 cm³/mol. The van der Waals surface area contributed by atoms with Gasteiger partial charge in [-0.1, -0.05) is 62.2 Å². The Labute approximate surface area is 200 Å². The maximum absolute atomic E-state index is 12.7. The first kappa shape index (κ1) is 25.0. The van der Waals surface area contributed by atoms with Crippen molar-refractivity contribution in [2.45, 2.75) is 69.5 Å². The lowest BCUT2D eigenvalue weighted by atomic mass is 9.69. The van der Waals surface area contributed by atoms with E-state index < -0.39 is 12.0 Å². The molecule has 2 fully saturated rings. The van der Waals surface area contributed by atoms with Crippen molar-refractivity contribution in [1.82, 2.24) is 9.80 Å². The molecular weight excluding hydrogens is 441 g/mol. The van der Waals surface area contributed by atoms with E-state index >= 15 is 0 Å². The number of piperazine rings is 1. The summed E-state index contributed by atoms with van der Waals surface area (Å²) in [6, 6.07) is 16.9. The summed E-state index contributed by atoms with van der Waals surface area (Å²) in [5.74, 6) is -0.549. The van der Waals surface area contributed by atoms with Crippen LogP contribution in [0.5, 0.6) is 5.75 Å². The zero-order valence-electron chi connectivity index (χ0n) is 20.0. The third-order valence-corrected chi connectivity index (χ3v) is 7.84. The third kappa shape index (κ3) is 5.58. The van der Waals surface area contributed by atoms with Gasteiger partial charge >= 0.3 is 6.36 Å². The zero-order valence-corrected chi connectivity index (χ0v) is 20.0. The first-order valence-electron chi connectivity index (χ1n) is 12.3. The summed E-state index contributed by atoms with van der Waals surface area (Å²) in [6.07, 6.45) is -1.22. The molecule has 186 valence electrons. The average Bonchev–Trinajstić information content (AvgIpc) is 2.83. The number of hydrogen-bond donors (Lipinski definition) is 1. The molecule has 0 spiro atoms. The molecule has 1 aliphatic heterocycles. The van der Waals surface area contributed by atoms with E-state index in [1.807, 2.05) is 13.0 Å². The van der Waals surface area contributed by atoms with Gasteiger partial charge in [0.2, 0.25) is 0 Å². The number of hydrogen-bond acceptors (Lipinski definition) is 4.